The van der Waals surface area contributed by atoms with Gasteiger partial charge in [0.25, 0.3) is 5.91 Å². The molecule has 1 heterocycles. The van der Waals surface area contributed by atoms with E-state index in [1.807, 2.05) is 66.7 Å². The second-order valence-corrected chi connectivity index (χ2v) is 7.16. The third kappa shape index (κ3) is 3.55. The maximum Gasteiger partial charge on any atom is 0.256 e. The van der Waals surface area contributed by atoms with Crippen LogP contribution in [0, 0.1) is 11.3 Å². The Morgan fingerprint density at radius 1 is 1.07 bits per heavy atom. The van der Waals surface area contributed by atoms with Crippen LogP contribution < -0.4 is 10.1 Å². The van der Waals surface area contributed by atoms with Crippen molar-refractivity contribution in [3.63, 3.8) is 0 Å². The van der Waals surface area contributed by atoms with Gasteiger partial charge in [-0.1, -0.05) is 42.5 Å². The second-order valence-electron chi connectivity index (χ2n) is 6.31. The van der Waals surface area contributed by atoms with Crippen LogP contribution in [0.1, 0.15) is 22.3 Å². The number of nitrogens with zero attached hydrogens (tertiary/aromatic N) is 1. The third-order valence-corrected chi connectivity index (χ3v) is 5.12. The van der Waals surface area contributed by atoms with Crippen LogP contribution in [0.5, 0.6) is 5.75 Å². The molecule has 136 valence electrons. The van der Waals surface area contributed by atoms with E-state index in [1.54, 1.807) is 6.07 Å². The first-order valence-corrected chi connectivity index (χ1v) is 9.48. The number of carbonyl (C=O) groups is 1. The van der Waals surface area contributed by atoms with Gasteiger partial charge in [0, 0.05) is 22.4 Å². The molecule has 0 saturated heterocycles. The van der Waals surface area contributed by atoms with Crippen molar-refractivity contribution >= 4 is 39.2 Å². The number of carbonyl (C=O) groups excluding carboxylic acids is 1. The van der Waals surface area contributed by atoms with Gasteiger partial charge in [0.15, 0.2) is 0 Å². The van der Waals surface area contributed by atoms with E-state index in [1.165, 1.54) is 0 Å². The molecular formula is C23H15BrN2O2. The number of para-hydroxylation sites is 1. The molecule has 0 fully saturated rings. The topological polar surface area (TPSA) is 62.1 Å². The summed E-state index contributed by atoms with van der Waals surface area (Å²) >= 11 is 3.53. The molecule has 4 nitrogen and oxygen atoms in total. The Kier molecular flexibility index (Phi) is 4.96. The van der Waals surface area contributed by atoms with E-state index in [2.05, 4.69) is 27.3 Å². The lowest BCUT2D eigenvalue weighted by Crippen LogP contribution is -2.03. The standard InChI is InChI=1S/C23H15BrN2O2/c24-20-12-15(11-19-18-7-3-4-8-21(18)26-23(19)27)9-10-22(20)28-14-17-6-2-1-5-16(17)13-25/h1-12H,14H2,(H,26,27)/b19-11+. The Balaban J connectivity index is 1.56. The minimum absolute atomic E-state index is 0.106. The van der Waals surface area contributed by atoms with Gasteiger partial charge in [-0.3, -0.25) is 4.79 Å². The number of nitrogens with one attached hydrogen (secondary N) is 1. The maximum absolute atomic E-state index is 12.3. The van der Waals surface area contributed by atoms with E-state index < -0.39 is 0 Å². The highest BCUT2D eigenvalue weighted by Crippen LogP contribution is 2.34. The number of benzene rings is 3. The lowest BCUT2D eigenvalue weighted by atomic mass is 10.0. The second kappa shape index (κ2) is 7.71. The number of rotatable bonds is 4. The first kappa shape index (κ1) is 18.0. The number of fused-ring (bicyclic) bond motifs is 1. The van der Waals surface area contributed by atoms with Crippen molar-refractivity contribution in [1.29, 1.82) is 5.26 Å². The molecule has 0 saturated carbocycles. The summed E-state index contributed by atoms with van der Waals surface area (Å²) in [5.41, 5.74) is 4.69. The van der Waals surface area contributed by atoms with E-state index in [0.29, 0.717) is 23.5 Å². The molecule has 0 aromatic heterocycles. The Morgan fingerprint density at radius 2 is 1.86 bits per heavy atom. The third-order valence-electron chi connectivity index (χ3n) is 4.50. The average Bonchev–Trinajstić information content (AvgIpc) is 3.03. The normalized spacial score (nSPS) is 13.7. The van der Waals surface area contributed by atoms with Crippen LogP contribution in [0.15, 0.2) is 71.2 Å². The highest BCUT2D eigenvalue weighted by molar-refractivity contribution is 9.10. The number of amides is 1. The summed E-state index contributed by atoms with van der Waals surface area (Å²) in [4.78, 5) is 12.3. The number of nitriles is 1. The van der Waals surface area contributed by atoms with Crippen LogP contribution in [0.25, 0.3) is 11.6 Å². The van der Waals surface area contributed by atoms with Crippen molar-refractivity contribution in [2.24, 2.45) is 0 Å². The van der Waals surface area contributed by atoms with Crippen LogP contribution in [0.3, 0.4) is 0 Å². The zero-order valence-electron chi connectivity index (χ0n) is 14.8. The Bertz CT molecular complexity index is 1150. The number of hydrogen-bond donors (Lipinski definition) is 1. The molecule has 0 unspecified atom stereocenters. The van der Waals surface area contributed by atoms with Crippen LogP contribution in [-0.4, -0.2) is 5.91 Å². The Hall–Kier alpha value is -3.36. The van der Waals surface area contributed by atoms with E-state index in [4.69, 9.17) is 4.74 Å². The molecule has 0 spiro atoms. The van der Waals surface area contributed by atoms with Crippen molar-refractivity contribution in [2.45, 2.75) is 6.61 Å². The number of halogens is 1. The molecule has 1 aliphatic rings. The van der Waals surface area contributed by atoms with Gasteiger partial charge in [0.1, 0.15) is 12.4 Å². The predicted octanol–water partition coefficient (Wildman–Crippen LogP) is 5.39. The minimum Gasteiger partial charge on any atom is -0.488 e. The summed E-state index contributed by atoms with van der Waals surface area (Å²) in [5, 5.41) is 12.1. The van der Waals surface area contributed by atoms with Crippen LogP contribution in [-0.2, 0) is 11.4 Å². The smallest absolute Gasteiger partial charge is 0.256 e. The van der Waals surface area contributed by atoms with Gasteiger partial charge in [-0.2, -0.15) is 5.26 Å². The molecule has 0 bridgehead atoms. The molecule has 0 radical (unpaired) electrons. The van der Waals surface area contributed by atoms with Crippen LogP contribution in [0.2, 0.25) is 0 Å². The van der Waals surface area contributed by atoms with Crippen molar-refractivity contribution in [1.82, 2.24) is 0 Å². The molecule has 0 aliphatic carbocycles. The number of ether oxygens (including phenoxy) is 1. The van der Waals surface area contributed by atoms with Gasteiger partial charge in [0.05, 0.1) is 16.1 Å². The van der Waals surface area contributed by atoms with Gasteiger partial charge in [-0.15, -0.1) is 0 Å². The quantitative estimate of drug-likeness (QED) is 0.564. The molecular weight excluding hydrogens is 416 g/mol. The fraction of sp³-hybridized carbons (Fsp3) is 0.0435. The molecule has 1 N–H and O–H groups in total. The zero-order valence-corrected chi connectivity index (χ0v) is 16.4. The molecule has 28 heavy (non-hydrogen) atoms. The summed E-state index contributed by atoms with van der Waals surface area (Å²) in [6.07, 6.45) is 1.86. The molecule has 5 heteroatoms. The summed E-state index contributed by atoms with van der Waals surface area (Å²) in [5.74, 6) is 0.567. The van der Waals surface area contributed by atoms with Gasteiger partial charge in [-0.05, 0) is 51.8 Å². The van der Waals surface area contributed by atoms with Crippen molar-refractivity contribution in [3.8, 4) is 11.8 Å². The van der Waals surface area contributed by atoms with E-state index in [0.717, 1.165) is 26.9 Å². The van der Waals surface area contributed by atoms with Gasteiger partial charge >= 0.3 is 0 Å². The fourth-order valence-electron chi connectivity index (χ4n) is 3.08. The monoisotopic (exact) mass is 430 g/mol. The molecule has 3 aromatic carbocycles. The highest BCUT2D eigenvalue weighted by Gasteiger charge is 2.23. The van der Waals surface area contributed by atoms with Gasteiger partial charge in [-0.25, -0.2) is 0 Å². The fourth-order valence-corrected chi connectivity index (χ4v) is 3.59. The largest absolute Gasteiger partial charge is 0.488 e. The SMILES string of the molecule is N#Cc1ccccc1COc1ccc(/C=C2/C(=O)Nc3ccccc32)cc1Br. The lowest BCUT2D eigenvalue weighted by Gasteiger charge is -2.10. The molecule has 0 atom stereocenters. The van der Waals surface area contributed by atoms with Crippen molar-refractivity contribution < 1.29 is 9.53 Å². The average molecular weight is 431 g/mol. The maximum atomic E-state index is 12.3. The molecule has 1 amide bonds. The Labute approximate surface area is 171 Å². The van der Waals surface area contributed by atoms with Crippen LogP contribution in [0.4, 0.5) is 5.69 Å². The van der Waals surface area contributed by atoms with Gasteiger partial charge < -0.3 is 10.1 Å². The highest BCUT2D eigenvalue weighted by atomic mass is 79.9. The lowest BCUT2D eigenvalue weighted by molar-refractivity contribution is -0.110. The first-order valence-electron chi connectivity index (χ1n) is 8.68. The van der Waals surface area contributed by atoms with E-state index >= 15 is 0 Å². The molecule has 1 aliphatic heterocycles. The Morgan fingerprint density at radius 3 is 2.68 bits per heavy atom. The summed E-state index contributed by atoms with van der Waals surface area (Å²) in [7, 11) is 0. The number of hydrogen-bond acceptors (Lipinski definition) is 3. The van der Waals surface area contributed by atoms with Crippen molar-refractivity contribution in [3.05, 3.63) is 93.5 Å². The summed E-state index contributed by atoms with van der Waals surface area (Å²) in [6, 6.07) is 22.8. The minimum atomic E-state index is -0.106. The van der Waals surface area contributed by atoms with Crippen molar-refractivity contribution in [2.75, 3.05) is 5.32 Å². The molecule has 4 rings (SSSR count). The number of anilines is 1. The predicted molar refractivity (Wildman–Crippen MR) is 113 cm³/mol. The summed E-state index contributed by atoms with van der Waals surface area (Å²) in [6.45, 7) is 0.304. The van der Waals surface area contributed by atoms with Crippen LogP contribution >= 0.6 is 15.9 Å². The van der Waals surface area contributed by atoms with Gasteiger partial charge in [0.2, 0.25) is 0 Å². The zero-order chi connectivity index (χ0) is 19.5. The van der Waals surface area contributed by atoms with E-state index in [9.17, 15) is 10.1 Å². The van der Waals surface area contributed by atoms with E-state index in [-0.39, 0.29) is 5.91 Å². The first-order chi connectivity index (χ1) is 13.7. The molecule has 3 aromatic rings. The summed E-state index contributed by atoms with van der Waals surface area (Å²) < 4.78 is 6.65.